The molecular formula is C14H21ClN2O2. The average molecular weight is 285 g/mol. The first-order valence-electron chi connectivity index (χ1n) is 6.23. The normalized spacial score (nSPS) is 12.4. The maximum Gasteiger partial charge on any atom is 0.243 e. The summed E-state index contributed by atoms with van der Waals surface area (Å²) >= 11 is 6.05. The number of ether oxygens (including phenoxy) is 1. The molecule has 5 heteroatoms. The first-order chi connectivity index (χ1) is 8.86. The maximum atomic E-state index is 12.2. The predicted molar refractivity (Wildman–Crippen MR) is 78.8 cm³/mol. The summed E-state index contributed by atoms with van der Waals surface area (Å²) in [6, 6.07) is 4.71. The molecular weight excluding hydrogens is 264 g/mol. The molecule has 1 rings (SSSR count). The first-order valence-corrected chi connectivity index (χ1v) is 6.61. The number of nitrogens with two attached hydrogens (primary N) is 1. The zero-order valence-corrected chi connectivity index (χ0v) is 12.6. The van der Waals surface area contributed by atoms with Gasteiger partial charge in [-0.25, -0.2) is 0 Å². The summed E-state index contributed by atoms with van der Waals surface area (Å²) in [7, 11) is 3.25. The van der Waals surface area contributed by atoms with E-state index in [1.165, 1.54) is 4.90 Å². The lowest BCUT2D eigenvalue weighted by Gasteiger charge is -2.23. The van der Waals surface area contributed by atoms with Gasteiger partial charge >= 0.3 is 0 Å². The smallest absolute Gasteiger partial charge is 0.243 e. The fourth-order valence-electron chi connectivity index (χ4n) is 1.85. The Morgan fingerprint density at radius 1 is 1.47 bits per heavy atom. The van der Waals surface area contributed by atoms with Gasteiger partial charge in [0.15, 0.2) is 0 Å². The van der Waals surface area contributed by atoms with E-state index in [9.17, 15) is 4.79 Å². The fraction of sp³-hybridized carbons (Fsp3) is 0.500. The van der Waals surface area contributed by atoms with Crippen LogP contribution in [0.15, 0.2) is 18.2 Å². The van der Waals surface area contributed by atoms with Crippen LogP contribution < -0.4 is 15.4 Å². The van der Waals surface area contributed by atoms with Gasteiger partial charge in [0.25, 0.3) is 0 Å². The molecule has 0 saturated heterocycles. The number of carbonyl (C=O) groups excluding carboxylic acids is 1. The third-order valence-corrected chi connectivity index (χ3v) is 3.19. The highest BCUT2D eigenvalue weighted by Gasteiger charge is 2.20. The number of benzene rings is 1. The number of rotatable bonds is 5. The highest BCUT2D eigenvalue weighted by Crippen LogP contribution is 2.29. The maximum absolute atomic E-state index is 12.2. The van der Waals surface area contributed by atoms with Crippen LogP contribution in [0.5, 0.6) is 5.75 Å². The van der Waals surface area contributed by atoms with Crippen molar-refractivity contribution in [3.63, 3.8) is 0 Å². The molecule has 0 aliphatic heterocycles. The fourth-order valence-corrected chi connectivity index (χ4v) is 2.10. The van der Waals surface area contributed by atoms with E-state index in [1.54, 1.807) is 32.4 Å². The number of carbonyl (C=O) groups is 1. The molecule has 1 atom stereocenters. The van der Waals surface area contributed by atoms with E-state index in [0.29, 0.717) is 28.8 Å². The molecule has 2 N–H and O–H groups in total. The van der Waals surface area contributed by atoms with Crippen molar-refractivity contribution in [2.45, 2.75) is 26.3 Å². The number of hydrogen-bond donors (Lipinski definition) is 1. The molecule has 0 aliphatic rings. The van der Waals surface area contributed by atoms with E-state index in [2.05, 4.69) is 0 Å². The molecule has 0 unspecified atom stereocenters. The monoisotopic (exact) mass is 284 g/mol. The van der Waals surface area contributed by atoms with Crippen LogP contribution in [0.2, 0.25) is 5.02 Å². The quantitative estimate of drug-likeness (QED) is 0.904. The zero-order chi connectivity index (χ0) is 14.6. The van der Waals surface area contributed by atoms with Crippen molar-refractivity contribution in [2.24, 2.45) is 11.7 Å². The van der Waals surface area contributed by atoms with Crippen LogP contribution >= 0.6 is 11.6 Å². The summed E-state index contributed by atoms with van der Waals surface area (Å²) in [4.78, 5) is 13.7. The van der Waals surface area contributed by atoms with Gasteiger partial charge in [-0.2, -0.15) is 0 Å². The molecule has 0 bridgehead atoms. The van der Waals surface area contributed by atoms with E-state index >= 15 is 0 Å². The number of hydrogen-bond acceptors (Lipinski definition) is 3. The van der Waals surface area contributed by atoms with E-state index in [4.69, 9.17) is 22.1 Å². The minimum absolute atomic E-state index is 0.116. The minimum Gasteiger partial charge on any atom is -0.495 e. The Kier molecular flexibility index (Phi) is 5.63. The van der Waals surface area contributed by atoms with Crippen molar-refractivity contribution in [3.05, 3.63) is 23.2 Å². The van der Waals surface area contributed by atoms with Crippen LogP contribution in [0.25, 0.3) is 0 Å². The third-order valence-electron chi connectivity index (χ3n) is 2.90. The van der Waals surface area contributed by atoms with Gasteiger partial charge in [-0.15, -0.1) is 0 Å². The molecule has 1 aromatic carbocycles. The molecule has 106 valence electrons. The van der Waals surface area contributed by atoms with Crippen LogP contribution in [0, 0.1) is 5.92 Å². The molecule has 0 saturated carbocycles. The number of halogens is 1. The lowest BCUT2D eigenvalue weighted by atomic mass is 10.0. The third kappa shape index (κ3) is 4.11. The summed E-state index contributed by atoms with van der Waals surface area (Å²) < 4.78 is 5.08. The van der Waals surface area contributed by atoms with Crippen molar-refractivity contribution in [1.29, 1.82) is 0 Å². The van der Waals surface area contributed by atoms with Crippen LogP contribution in [0.4, 0.5) is 5.69 Å². The van der Waals surface area contributed by atoms with E-state index < -0.39 is 6.04 Å². The van der Waals surface area contributed by atoms with Crippen LogP contribution in [-0.2, 0) is 4.79 Å². The predicted octanol–water partition coefficient (Wildman–Crippen LogP) is 2.68. The van der Waals surface area contributed by atoms with Crippen molar-refractivity contribution in [3.8, 4) is 5.75 Å². The zero-order valence-electron chi connectivity index (χ0n) is 11.8. The largest absolute Gasteiger partial charge is 0.495 e. The van der Waals surface area contributed by atoms with Crippen molar-refractivity contribution >= 4 is 23.2 Å². The second-order valence-corrected chi connectivity index (χ2v) is 5.36. The molecule has 1 aromatic rings. The summed E-state index contributed by atoms with van der Waals surface area (Å²) in [6.45, 7) is 4.08. The van der Waals surface area contributed by atoms with Gasteiger partial charge in [-0.1, -0.05) is 25.4 Å². The Hall–Kier alpha value is -1.26. The lowest BCUT2D eigenvalue weighted by molar-refractivity contribution is -0.119. The van der Waals surface area contributed by atoms with Gasteiger partial charge in [-0.3, -0.25) is 4.79 Å². The molecule has 1 amide bonds. The summed E-state index contributed by atoms with van der Waals surface area (Å²) in [5.41, 5.74) is 6.61. The molecule has 4 nitrogen and oxygen atoms in total. The second kappa shape index (κ2) is 6.78. The van der Waals surface area contributed by atoms with Crippen molar-refractivity contribution < 1.29 is 9.53 Å². The van der Waals surface area contributed by atoms with Gasteiger partial charge in [0, 0.05) is 12.7 Å². The number of methoxy groups -OCH3 is 1. The van der Waals surface area contributed by atoms with Crippen molar-refractivity contribution in [1.82, 2.24) is 0 Å². The number of nitrogens with zero attached hydrogens (tertiary/aromatic N) is 1. The van der Waals surface area contributed by atoms with Gasteiger partial charge < -0.3 is 15.4 Å². The number of amides is 1. The Morgan fingerprint density at radius 3 is 2.58 bits per heavy atom. The van der Waals surface area contributed by atoms with Crippen LogP contribution in [0.1, 0.15) is 20.3 Å². The van der Waals surface area contributed by atoms with Gasteiger partial charge in [0.05, 0.1) is 18.2 Å². The topological polar surface area (TPSA) is 55.6 Å². The standard InChI is InChI=1S/C14H21ClN2O2/c1-9(2)7-12(16)14(18)17(3)10-5-6-13(19-4)11(15)8-10/h5-6,8-9,12H,7,16H2,1-4H3/t12-/m0/s1. The Balaban J connectivity index is 2.85. The van der Waals surface area contributed by atoms with Crippen molar-refractivity contribution in [2.75, 3.05) is 19.1 Å². The molecule has 19 heavy (non-hydrogen) atoms. The second-order valence-electron chi connectivity index (χ2n) is 4.95. The van der Waals surface area contributed by atoms with Crippen LogP contribution in [0.3, 0.4) is 0 Å². The molecule has 0 aliphatic carbocycles. The molecule has 0 spiro atoms. The van der Waals surface area contributed by atoms with Crippen LogP contribution in [-0.4, -0.2) is 26.1 Å². The molecule has 0 radical (unpaired) electrons. The summed E-state index contributed by atoms with van der Waals surface area (Å²) in [6.07, 6.45) is 0.660. The Morgan fingerprint density at radius 2 is 2.11 bits per heavy atom. The van der Waals surface area contributed by atoms with Gasteiger partial charge in [-0.05, 0) is 30.5 Å². The minimum atomic E-state index is -0.495. The average Bonchev–Trinajstić information content (AvgIpc) is 2.36. The highest BCUT2D eigenvalue weighted by molar-refractivity contribution is 6.32. The Labute approximate surface area is 119 Å². The molecule has 0 aromatic heterocycles. The van der Waals surface area contributed by atoms with E-state index in [1.807, 2.05) is 13.8 Å². The molecule has 0 heterocycles. The summed E-state index contributed by atoms with van der Waals surface area (Å²) in [5, 5.41) is 0.470. The van der Waals surface area contributed by atoms with Gasteiger partial charge in [0.1, 0.15) is 5.75 Å². The number of likely N-dealkylation sites (N-methyl/N-ethyl adjacent to an activating group) is 1. The summed E-state index contributed by atoms with van der Waals surface area (Å²) in [5.74, 6) is 0.847. The van der Waals surface area contributed by atoms with E-state index in [0.717, 1.165) is 0 Å². The highest BCUT2D eigenvalue weighted by atomic mass is 35.5. The number of anilines is 1. The molecule has 0 fully saturated rings. The lowest BCUT2D eigenvalue weighted by Crippen LogP contribution is -2.42. The Bertz CT molecular complexity index is 449. The SMILES string of the molecule is COc1ccc(N(C)C(=O)[C@@H](N)CC(C)C)cc1Cl. The van der Waals surface area contributed by atoms with Gasteiger partial charge in [0.2, 0.25) is 5.91 Å². The first kappa shape index (κ1) is 15.8. The van der Waals surface area contributed by atoms with E-state index in [-0.39, 0.29) is 5.91 Å².